The van der Waals surface area contributed by atoms with Crippen molar-refractivity contribution in [2.75, 3.05) is 46.4 Å². The number of carbonyl (C=O) groups excluding carboxylic acids is 1. The third-order valence-corrected chi connectivity index (χ3v) is 6.47. The van der Waals surface area contributed by atoms with Gasteiger partial charge in [0.25, 0.3) is 0 Å². The lowest BCUT2D eigenvalue weighted by atomic mass is 9.90. The van der Waals surface area contributed by atoms with Crippen molar-refractivity contribution in [3.63, 3.8) is 0 Å². The molecule has 1 saturated carbocycles. The molecule has 0 aromatic heterocycles. The summed E-state index contributed by atoms with van der Waals surface area (Å²) in [7, 11) is 1.62. The summed E-state index contributed by atoms with van der Waals surface area (Å²) in [5, 5.41) is 19.6. The molecule has 0 aromatic rings. The lowest BCUT2D eigenvalue weighted by Crippen LogP contribution is -2.60. The van der Waals surface area contributed by atoms with Crippen LogP contribution in [-0.2, 0) is 9.53 Å². The van der Waals surface area contributed by atoms with Crippen molar-refractivity contribution in [2.24, 2.45) is 5.41 Å². The first-order valence-corrected chi connectivity index (χ1v) is 9.57. The van der Waals surface area contributed by atoms with E-state index in [2.05, 4.69) is 4.90 Å². The fourth-order valence-corrected chi connectivity index (χ4v) is 4.39. The topological polar surface area (TPSA) is 93.6 Å². The van der Waals surface area contributed by atoms with Crippen molar-refractivity contribution < 1.29 is 24.5 Å². The smallest absolute Gasteiger partial charge is 0.408 e. The number of piperidine rings is 1. The molecule has 3 atom stereocenters. The molecule has 1 spiro atoms. The number of β-amino-alcohol motifs (C(OH)–C–C–N with tert-alkyl or cyclic N) is 1. The van der Waals surface area contributed by atoms with Gasteiger partial charge in [-0.2, -0.15) is 0 Å². The number of carboxylic acid groups (broad SMARTS) is 1. The molecule has 3 rings (SSSR count). The maximum atomic E-state index is 12.7. The Bertz CT molecular complexity index is 539. The van der Waals surface area contributed by atoms with Gasteiger partial charge in [0, 0.05) is 33.3 Å². The summed E-state index contributed by atoms with van der Waals surface area (Å²) in [5.74, 6) is -0.156. The average molecular weight is 369 g/mol. The van der Waals surface area contributed by atoms with Crippen LogP contribution in [0.5, 0.6) is 0 Å². The molecule has 3 fully saturated rings. The fraction of sp³-hybridized carbons (Fsp3) is 0.889. The quantitative estimate of drug-likeness (QED) is 0.706. The predicted octanol–water partition coefficient (Wildman–Crippen LogP) is 0.449. The van der Waals surface area contributed by atoms with Gasteiger partial charge in [0.1, 0.15) is 6.04 Å². The lowest BCUT2D eigenvalue weighted by molar-refractivity contribution is -0.144. The largest absolute Gasteiger partial charge is 0.465 e. The van der Waals surface area contributed by atoms with E-state index in [-0.39, 0.29) is 23.5 Å². The van der Waals surface area contributed by atoms with E-state index in [0.29, 0.717) is 26.2 Å². The Hall–Kier alpha value is -1.38. The van der Waals surface area contributed by atoms with Crippen LogP contribution in [0.1, 0.15) is 32.6 Å². The second-order valence-corrected chi connectivity index (χ2v) is 8.01. The highest BCUT2D eigenvalue weighted by Crippen LogP contribution is 2.53. The van der Waals surface area contributed by atoms with Crippen LogP contribution in [0.2, 0.25) is 0 Å². The second kappa shape index (κ2) is 7.70. The molecule has 26 heavy (non-hydrogen) atoms. The molecule has 1 aliphatic carbocycles. The van der Waals surface area contributed by atoms with E-state index in [0.717, 1.165) is 38.8 Å². The number of aliphatic hydroxyl groups is 1. The van der Waals surface area contributed by atoms with Crippen molar-refractivity contribution in [1.82, 2.24) is 14.7 Å². The Morgan fingerprint density at radius 2 is 2.04 bits per heavy atom. The summed E-state index contributed by atoms with van der Waals surface area (Å²) < 4.78 is 5.33. The number of hydrogen-bond donors (Lipinski definition) is 2. The highest BCUT2D eigenvalue weighted by molar-refractivity contribution is 5.86. The van der Waals surface area contributed by atoms with Crippen molar-refractivity contribution >= 4 is 12.0 Å². The molecule has 148 valence electrons. The van der Waals surface area contributed by atoms with E-state index in [9.17, 15) is 19.8 Å². The standard InChI is InChI=1S/C18H31N3O5/c1-13-16(23)21(10-9-20(13)17(24)25)14(12-26-2)3-7-19-8-6-18(4-5-18)15(22)11-19/h13-15,22H,3-12H2,1-2H3,(H,24,25)/t13-,14+,15-/m1/s1. The van der Waals surface area contributed by atoms with Crippen LogP contribution in [-0.4, -0.2) is 102 Å². The molecule has 3 aliphatic rings. The number of hydrogen-bond acceptors (Lipinski definition) is 5. The highest BCUT2D eigenvalue weighted by Gasteiger charge is 2.51. The van der Waals surface area contributed by atoms with Crippen molar-refractivity contribution in [2.45, 2.75) is 50.8 Å². The van der Waals surface area contributed by atoms with Gasteiger partial charge in [-0.3, -0.25) is 9.69 Å². The molecule has 2 saturated heterocycles. The molecule has 0 radical (unpaired) electrons. The summed E-state index contributed by atoms with van der Waals surface area (Å²) in [6.07, 6.45) is 2.82. The summed E-state index contributed by atoms with van der Waals surface area (Å²) in [6, 6.07) is -0.730. The van der Waals surface area contributed by atoms with Crippen molar-refractivity contribution in [3.8, 4) is 0 Å². The Morgan fingerprint density at radius 1 is 1.31 bits per heavy atom. The zero-order valence-corrected chi connectivity index (χ0v) is 15.8. The summed E-state index contributed by atoms with van der Waals surface area (Å²) in [6.45, 7) is 5.31. The Kier molecular flexibility index (Phi) is 5.74. The third kappa shape index (κ3) is 3.82. The maximum absolute atomic E-state index is 12.7. The Labute approximate surface area is 154 Å². The third-order valence-electron chi connectivity index (χ3n) is 6.47. The fourth-order valence-electron chi connectivity index (χ4n) is 4.39. The zero-order chi connectivity index (χ0) is 18.9. The molecular formula is C18H31N3O5. The van der Waals surface area contributed by atoms with Gasteiger partial charge in [-0.25, -0.2) is 4.79 Å². The molecule has 8 heteroatoms. The number of ether oxygens (including phenoxy) is 1. The first-order valence-electron chi connectivity index (χ1n) is 9.57. The van der Waals surface area contributed by atoms with E-state index in [1.54, 1.807) is 18.9 Å². The minimum absolute atomic E-state index is 0.0696. The lowest BCUT2D eigenvalue weighted by Gasteiger charge is -2.42. The summed E-state index contributed by atoms with van der Waals surface area (Å²) >= 11 is 0. The van der Waals surface area contributed by atoms with Gasteiger partial charge < -0.3 is 24.7 Å². The normalized spacial score (nSPS) is 29.9. The highest BCUT2D eigenvalue weighted by atomic mass is 16.5. The van der Waals surface area contributed by atoms with Gasteiger partial charge in [0.05, 0.1) is 18.8 Å². The van der Waals surface area contributed by atoms with Gasteiger partial charge in [-0.15, -0.1) is 0 Å². The first kappa shape index (κ1) is 19.4. The number of rotatable bonds is 6. The van der Waals surface area contributed by atoms with Gasteiger partial charge in [0.15, 0.2) is 0 Å². The van der Waals surface area contributed by atoms with Crippen LogP contribution in [0.4, 0.5) is 4.79 Å². The zero-order valence-electron chi connectivity index (χ0n) is 15.8. The molecule has 0 aromatic carbocycles. The number of piperazine rings is 1. The molecule has 2 aliphatic heterocycles. The monoisotopic (exact) mass is 369 g/mol. The minimum Gasteiger partial charge on any atom is -0.465 e. The molecule has 0 bridgehead atoms. The summed E-state index contributed by atoms with van der Waals surface area (Å²) in [5.41, 5.74) is 0.195. The van der Waals surface area contributed by atoms with E-state index in [1.807, 2.05) is 0 Å². The molecule has 2 N–H and O–H groups in total. The summed E-state index contributed by atoms with van der Waals surface area (Å²) in [4.78, 5) is 29.1. The SMILES string of the molecule is COC[C@H](CCN1CCC2(CC2)[C@H](O)C1)N1CCN(C(=O)O)[C@H](C)C1=O. The van der Waals surface area contributed by atoms with Crippen LogP contribution in [0.3, 0.4) is 0 Å². The molecular weight excluding hydrogens is 338 g/mol. The number of carbonyl (C=O) groups is 2. The molecule has 8 nitrogen and oxygen atoms in total. The molecule has 2 amide bonds. The molecule has 0 unspecified atom stereocenters. The maximum Gasteiger partial charge on any atom is 0.408 e. The van der Waals surface area contributed by atoms with Crippen molar-refractivity contribution in [3.05, 3.63) is 0 Å². The number of likely N-dealkylation sites (tertiary alicyclic amines) is 1. The van der Waals surface area contributed by atoms with E-state index in [4.69, 9.17) is 4.74 Å². The number of aliphatic hydroxyl groups excluding tert-OH is 1. The van der Waals surface area contributed by atoms with E-state index >= 15 is 0 Å². The van der Waals surface area contributed by atoms with Gasteiger partial charge in [-0.1, -0.05) is 0 Å². The Morgan fingerprint density at radius 3 is 2.62 bits per heavy atom. The number of amides is 2. The van der Waals surface area contributed by atoms with Crippen LogP contribution < -0.4 is 0 Å². The Balaban J connectivity index is 1.55. The van der Waals surface area contributed by atoms with Crippen LogP contribution in [0, 0.1) is 5.41 Å². The second-order valence-electron chi connectivity index (χ2n) is 8.01. The van der Waals surface area contributed by atoms with Gasteiger partial charge >= 0.3 is 6.09 Å². The predicted molar refractivity (Wildman–Crippen MR) is 94.9 cm³/mol. The van der Waals surface area contributed by atoms with Crippen LogP contribution in [0.15, 0.2) is 0 Å². The first-order chi connectivity index (χ1) is 12.4. The van der Waals surface area contributed by atoms with Crippen LogP contribution in [0.25, 0.3) is 0 Å². The minimum atomic E-state index is -1.05. The van der Waals surface area contributed by atoms with E-state index < -0.39 is 12.1 Å². The van der Waals surface area contributed by atoms with Crippen LogP contribution >= 0.6 is 0 Å². The number of nitrogens with zero attached hydrogens (tertiary/aromatic N) is 3. The average Bonchev–Trinajstić information content (AvgIpc) is 3.38. The molecule has 2 heterocycles. The van der Waals surface area contributed by atoms with E-state index in [1.165, 1.54) is 4.90 Å². The van der Waals surface area contributed by atoms with Gasteiger partial charge in [0.2, 0.25) is 5.91 Å². The van der Waals surface area contributed by atoms with Gasteiger partial charge in [-0.05, 0) is 44.6 Å². The van der Waals surface area contributed by atoms with Crippen molar-refractivity contribution in [1.29, 1.82) is 0 Å². The number of methoxy groups -OCH3 is 1.